The first-order chi connectivity index (χ1) is 15.7. The number of ketones is 1. The van der Waals surface area contributed by atoms with Crippen molar-refractivity contribution in [3.05, 3.63) is 89.0 Å². The summed E-state index contributed by atoms with van der Waals surface area (Å²) in [6.07, 6.45) is 1.30. The molecule has 168 valence electrons. The molecule has 0 aliphatic carbocycles. The Balaban J connectivity index is 1.54. The highest BCUT2D eigenvalue weighted by Crippen LogP contribution is 2.30. The zero-order valence-electron chi connectivity index (χ0n) is 18.2. The predicted octanol–water partition coefficient (Wildman–Crippen LogP) is 3.94. The molecule has 3 aromatic rings. The number of carbonyl (C=O) groups excluding carboxylic acids is 2. The van der Waals surface area contributed by atoms with Crippen molar-refractivity contribution in [3.8, 4) is 0 Å². The maximum absolute atomic E-state index is 13.0. The summed E-state index contributed by atoms with van der Waals surface area (Å²) in [5.74, 6) is -2.10. The molecule has 0 bridgehead atoms. The van der Waals surface area contributed by atoms with Crippen LogP contribution in [0.15, 0.2) is 76.6 Å². The Morgan fingerprint density at radius 3 is 2.36 bits per heavy atom. The van der Waals surface area contributed by atoms with E-state index in [2.05, 4.69) is 15.0 Å². The average Bonchev–Trinajstić information content (AvgIpc) is 2.77. The number of carbonyl (C=O) groups is 2. The van der Waals surface area contributed by atoms with Gasteiger partial charge in [-0.1, -0.05) is 36.4 Å². The van der Waals surface area contributed by atoms with Crippen LogP contribution in [-0.2, 0) is 21.4 Å². The number of sulfonamides is 1. The molecule has 1 heterocycles. The van der Waals surface area contributed by atoms with E-state index in [9.17, 15) is 18.0 Å². The molecular weight excluding hydrogens is 438 g/mol. The number of benzene rings is 3. The van der Waals surface area contributed by atoms with Gasteiger partial charge < -0.3 is 5.32 Å². The van der Waals surface area contributed by atoms with Crippen molar-refractivity contribution in [1.29, 1.82) is 0 Å². The monoisotopic (exact) mass is 461 g/mol. The van der Waals surface area contributed by atoms with E-state index in [0.29, 0.717) is 11.4 Å². The van der Waals surface area contributed by atoms with Crippen molar-refractivity contribution < 1.29 is 18.0 Å². The highest BCUT2D eigenvalue weighted by Gasteiger charge is 2.31. The van der Waals surface area contributed by atoms with E-state index in [1.165, 1.54) is 24.4 Å². The number of aryl methyl sites for hydroxylation is 2. The molecule has 0 saturated carbocycles. The molecule has 3 aromatic carbocycles. The smallest absolute Gasteiger partial charge is 0.261 e. The molecule has 2 N–H and O–H groups in total. The van der Waals surface area contributed by atoms with Crippen molar-refractivity contribution in [1.82, 2.24) is 5.32 Å². The first-order valence-electron chi connectivity index (χ1n) is 10.4. The van der Waals surface area contributed by atoms with Crippen LogP contribution in [0.25, 0.3) is 0 Å². The number of nitrogens with one attached hydrogen (secondary N) is 2. The van der Waals surface area contributed by atoms with Crippen LogP contribution in [0.4, 0.5) is 11.4 Å². The fourth-order valence-corrected chi connectivity index (χ4v) is 4.78. The Morgan fingerprint density at radius 2 is 1.67 bits per heavy atom. The van der Waals surface area contributed by atoms with Crippen LogP contribution in [0.3, 0.4) is 0 Å². The molecule has 0 spiro atoms. The van der Waals surface area contributed by atoms with Gasteiger partial charge in [-0.05, 0) is 60.9 Å². The fraction of sp³-hybridized carbons (Fsp3) is 0.160. The highest BCUT2D eigenvalue weighted by atomic mass is 32.2. The van der Waals surface area contributed by atoms with Crippen LogP contribution < -0.4 is 10.0 Å². The Morgan fingerprint density at radius 1 is 0.970 bits per heavy atom. The SMILES string of the molecule is Cc1cc(C)cc(NS(=O)(=O)c2ccc3c(c2)C(=O)C(C(=O)NCc2ccccc2)C=N3)c1. The highest BCUT2D eigenvalue weighted by molar-refractivity contribution is 7.92. The number of amides is 1. The van der Waals surface area contributed by atoms with E-state index in [1.54, 1.807) is 12.1 Å². The van der Waals surface area contributed by atoms with Gasteiger partial charge in [0.15, 0.2) is 5.78 Å². The van der Waals surface area contributed by atoms with Gasteiger partial charge in [-0.3, -0.25) is 19.3 Å². The zero-order valence-corrected chi connectivity index (χ0v) is 19.0. The molecule has 0 saturated heterocycles. The number of anilines is 1. The summed E-state index contributed by atoms with van der Waals surface area (Å²) in [6, 6.07) is 18.9. The van der Waals surface area contributed by atoms with E-state index < -0.39 is 27.6 Å². The summed E-state index contributed by atoms with van der Waals surface area (Å²) < 4.78 is 28.5. The normalized spacial score (nSPS) is 15.1. The number of nitrogens with zero attached hydrogens (tertiary/aromatic N) is 1. The second-order valence-corrected chi connectivity index (χ2v) is 9.67. The first kappa shape index (κ1) is 22.4. The second kappa shape index (κ2) is 8.99. The molecule has 1 aliphatic rings. The standard InChI is InChI=1S/C25H23N3O4S/c1-16-10-17(2)12-19(11-16)28-33(31,32)20-8-9-23-21(13-20)24(29)22(15-26-23)25(30)27-14-18-6-4-3-5-7-18/h3-13,15,22,28H,14H2,1-2H3,(H,27,30). The molecular formula is C25H23N3O4S. The number of rotatable bonds is 6. The molecule has 4 rings (SSSR count). The molecule has 1 amide bonds. The van der Waals surface area contributed by atoms with Gasteiger partial charge in [0.1, 0.15) is 5.92 Å². The number of Topliss-reactive ketones (excluding diaryl/α,β-unsaturated/α-hetero) is 1. The maximum Gasteiger partial charge on any atom is 0.261 e. The number of hydrogen-bond donors (Lipinski definition) is 2. The molecule has 7 nitrogen and oxygen atoms in total. The first-order valence-corrected chi connectivity index (χ1v) is 11.9. The molecule has 1 aliphatic heterocycles. The van der Waals surface area contributed by atoms with Crippen LogP contribution in [0.2, 0.25) is 0 Å². The third kappa shape index (κ3) is 5.01. The third-order valence-corrected chi connectivity index (χ3v) is 6.63. The molecule has 0 aromatic heterocycles. The minimum Gasteiger partial charge on any atom is -0.351 e. The van der Waals surface area contributed by atoms with Crippen molar-refractivity contribution in [3.63, 3.8) is 0 Å². The van der Waals surface area contributed by atoms with Crippen molar-refractivity contribution >= 4 is 39.3 Å². The summed E-state index contributed by atoms with van der Waals surface area (Å²) in [5, 5.41) is 2.74. The number of fused-ring (bicyclic) bond motifs is 1. The Bertz CT molecular complexity index is 1350. The number of aliphatic imine (C=N–C) groups is 1. The third-order valence-electron chi connectivity index (χ3n) is 5.25. The van der Waals surface area contributed by atoms with E-state index in [4.69, 9.17) is 0 Å². The Kier molecular flexibility index (Phi) is 6.11. The fourth-order valence-electron chi connectivity index (χ4n) is 3.71. The van der Waals surface area contributed by atoms with Crippen molar-refractivity contribution in [2.24, 2.45) is 10.9 Å². The quantitative estimate of drug-likeness (QED) is 0.543. The topological polar surface area (TPSA) is 105 Å². The summed E-state index contributed by atoms with van der Waals surface area (Å²) >= 11 is 0. The second-order valence-electron chi connectivity index (χ2n) is 7.98. The molecule has 0 radical (unpaired) electrons. The van der Waals surface area contributed by atoms with Gasteiger partial charge in [0.2, 0.25) is 5.91 Å². The summed E-state index contributed by atoms with van der Waals surface area (Å²) in [5.41, 5.74) is 3.61. The van der Waals surface area contributed by atoms with Gasteiger partial charge in [-0.15, -0.1) is 0 Å². The van der Waals surface area contributed by atoms with Crippen LogP contribution >= 0.6 is 0 Å². The molecule has 8 heteroatoms. The lowest BCUT2D eigenvalue weighted by Crippen LogP contribution is -2.37. The Hall–Kier alpha value is -3.78. The van der Waals surface area contributed by atoms with E-state index in [-0.39, 0.29) is 17.0 Å². The Labute approximate surface area is 192 Å². The lowest BCUT2D eigenvalue weighted by atomic mass is 9.94. The lowest BCUT2D eigenvalue weighted by Gasteiger charge is -2.18. The van der Waals surface area contributed by atoms with E-state index in [0.717, 1.165) is 16.7 Å². The molecule has 1 atom stereocenters. The van der Waals surface area contributed by atoms with Gasteiger partial charge >= 0.3 is 0 Å². The van der Waals surface area contributed by atoms with Crippen LogP contribution in [0.1, 0.15) is 27.0 Å². The van der Waals surface area contributed by atoms with Crippen LogP contribution in [-0.4, -0.2) is 26.3 Å². The summed E-state index contributed by atoms with van der Waals surface area (Å²) in [6.45, 7) is 4.03. The number of hydrogen-bond acceptors (Lipinski definition) is 5. The van der Waals surface area contributed by atoms with Gasteiger partial charge in [-0.25, -0.2) is 8.42 Å². The molecule has 0 fully saturated rings. The van der Waals surface area contributed by atoms with E-state index >= 15 is 0 Å². The summed E-state index contributed by atoms with van der Waals surface area (Å²) in [4.78, 5) is 29.8. The van der Waals surface area contributed by atoms with Crippen molar-refractivity contribution in [2.45, 2.75) is 25.3 Å². The van der Waals surface area contributed by atoms with Crippen LogP contribution in [0.5, 0.6) is 0 Å². The zero-order chi connectivity index (χ0) is 23.6. The van der Waals surface area contributed by atoms with Crippen LogP contribution in [0, 0.1) is 19.8 Å². The van der Waals surface area contributed by atoms with Crippen molar-refractivity contribution in [2.75, 3.05) is 4.72 Å². The summed E-state index contributed by atoms with van der Waals surface area (Å²) in [7, 11) is -3.94. The lowest BCUT2D eigenvalue weighted by molar-refractivity contribution is -0.122. The van der Waals surface area contributed by atoms with Gasteiger partial charge in [0.25, 0.3) is 10.0 Å². The molecule has 1 unspecified atom stereocenters. The minimum absolute atomic E-state index is 0.0747. The van der Waals surface area contributed by atoms with Gasteiger partial charge in [-0.2, -0.15) is 0 Å². The van der Waals surface area contributed by atoms with Gasteiger partial charge in [0, 0.05) is 24.0 Å². The largest absolute Gasteiger partial charge is 0.351 e. The average molecular weight is 462 g/mol. The maximum atomic E-state index is 13.0. The predicted molar refractivity (Wildman–Crippen MR) is 127 cm³/mol. The van der Waals surface area contributed by atoms with Gasteiger partial charge in [0.05, 0.1) is 10.6 Å². The molecule has 33 heavy (non-hydrogen) atoms. The van der Waals surface area contributed by atoms with E-state index in [1.807, 2.05) is 50.2 Å². The minimum atomic E-state index is -3.94.